The van der Waals surface area contributed by atoms with Crippen molar-refractivity contribution in [2.75, 3.05) is 30.4 Å². The standard InChI is InChI=1S/C14H17FN4/c1-19(12-6-3-2-4-7-12)9-5-8-16-14-10-13(15)17-11-18-14/h2-4,6-7,10-11H,5,8-9H2,1H3,(H,16,17,18). The Bertz CT molecular complexity index is 504. The first kappa shape index (κ1) is 13.3. The lowest BCUT2D eigenvalue weighted by molar-refractivity contribution is 0.580. The molecule has 1 heterocycles. The maximum atomic E-state index is 12.8. The molecule has 0 spiro atoms. The minimum atomic E-state index is -0.515. The quantitative estimate of drug-likeness (QED) is 0.640. The van der Waals surface area contributed by atoms with Crippen molar-refractivity contribution in [1.82, 2.24) is 9.97 Å². The van der Waals surface area contributed by atoms with Crippen molar-refractivity contribution in [2.45, 2.75) is 6.42 Å². The van der Waals surface area contributed by atoms with Crippen molar-refractivity contribution in [3.8, 4) is 0 Å². The molecule has 0 aliphatic carbocycles. The molecule has 5 heteroatoms. The van der Waals surface area contributed by atoms with Crippen LogP contribution in [0.4, 0.5) is 15.9 Å². The lowest BCUT2D eigenvalue weighted by atomic mass is 10.3. The van der Waals surface area contributed by atoms with Gasteiger partial charge in [-0.15, -0.1) is 0 Å². The van der Waals surface area contributed by atoms with Crippen LogP contribution < -0.4 is 10.2 Å². The molecule has 0 aliphatic heterocycles. The van der Waals surface area contributed by atoms with E-state index in [1.807, 2.05) is 18.2 Å². The van der Waals surface area contributed by atoms with E-state index in [0.717, 1.165) is 19.5 Å². The fourth-order valence-corrected chi connectivity index (χ4v) is 1.77. The van der Waals surface area contributed by atoms with Gasteiger partial charge in [0.2, 0.25) is 5.95 Å². The second kappa shape index (κ2) is 6.68. The molecule has 100 valence electrons. The first-order valence-corrected chi connectivity index (χ1v) is 6.23. The number of hydrogen-bond acceptors (Lipinski definition) is 4. The smallest absolute Gasteiger partial charge is 0.217 e. The molecule has 0 bridgehead atoms. The Labute approximate surface area is 112 Å². The van der Waals surface area contributed by atoms with Crippen LogP contribution in [-0.2, 0) is 0 Å². The normalized spacial score (nSPS) is 10.2. The number of halogens is 1. The Morgan fingerprint density at radius 3 is 2.74 bits per heavy atom. The fourth-order valence-electron chi connectivity index (χ4n) is 1.77. The largest absolute Gasteiger partial charge is 0.375 e. The van der Waals surface area contributed by atoms with E-state index >= 15 is 0 Å². The molecule has 0 amide bonds. The van der Waals surface area contributed by atoms with Gasteiger partial charge in [-0.25, -0.2) is 9.97 Å². The van der Waals surface area contributed by atoms with Crippen LogP contribution in [0, 0.1) is 5.95 Å². The van der Waals surface area contributed by atoms with Crippen LogP contribution in [0.2, 0.25) is 0 Å². The van der Waals surface area contributed by atoms with E-state index in [9.17, 15) is 4.39 Å². The summed E-state index contributed by atoms with van der Waals surface area (Å²) in [7, 11) is 2.06. The van der Waals surface area contributed by atoms with Crippen LogP contribution in [0.25, 0.3) is 0 Å². The van der Waals surface area contributed by atoms with Gasteiger partial charge in [-0.3, -0.25) is 0 Å². The van der Waals surface area contributed by atoms with Gasteiger partial charge in [0.05, 0.1) is 0 Å². The van der Waals surface area contributed by atoms with Crippen LogP contribution in [0.15, 0.2) is 42.7 Å². The Hall–Kier alpha value is -2.17. The molecule has 0 saturated carbocycles. The fraction of sp³-hybridized carbons (Fsp3) is 0.286. The molecule has 0 atom stereocenters. The minimum Gasteiger partial charge on any atom is -0.375 e. The number of rotatable bonds is 6. The average molecular weight is 260 g/mol. The minimum absolute atomic E-state index is 0.515. The lowest BCUT2D eigenvalue weighted by Gasteiger charge is -2.19. The molecule has 19 heavy (non-hydrogen) atoms. The van der Waals surface area contributed by atoms with Gasteiger partial charge >= 0.3 is 0 Å². The maximum Gasteiger partial charge on any atom is 0.217 e. The van der Waals surface area contributed by atoms with Crippen LogP contribution in [0.3, 0.4) is 0 Å². The first-order chi connectivity index (χ1) is 9.25. The van der Waals surface area contributed by atoms with Gasteiger partial charge in [0.15, 0.2) is 0 Å². The van der Waals surface area contributed by atoms with Crippen LogP contribution >= 0.6 is 0 Å². The number of para-hydroxylation sites is 1. The van der Waals surface area contributed by atoms with E-state index in [1.54, 1.807) is 0 Å². The molecule has 2 rings (SSSR count). The second-order valence-corrected chi connectivity index (χ2v) is 4.26. The zero-order chi connectivity index (χ0) is 13.5. The van der Waals surface area contributed by atoms with E-state index in [0.29, 0.717) is 5.82 Å². The molecule has 2 aromatic rings. The highest BCUT2D eigenvalue weighted by atomic mass is 19.1. The van der Waals surface area contributed by atoms with Gasteiger partial charge in [-0.2, -0.15) is 4.39 Å². The summed E-state index contributed by atoms with van der Waals surface area (Å²) in [5.41, 5.74) is 1.19. The highest BCUT2D eigenvalue weighted by Crippen LogP contribution is 2.11. The number of nitrogens with zero attached hydrogens (tertiary/aromatic N) is 3. The van der Waals surface area contributed by atoms with Gasteiger partial charge < -0.3 is 10.2 Å². The van der Waals surface area contributed by atoms with Crippen molar-refractivity contribution >= 4 is 11.5 Å². The SMILES string of the molecule is CN(CCCNc1cc(F)ncn1)c1ccccc1. The zero-order valence-corrected chi connectivity index (χ0v) is 10.9. The van der Waals surface area contributed by atoms with Crippen LogP contribution in [-0.4, -0.2) is 30.1 Å². The summed E-state index contributed by atoms with van der Waals surface area (Å²) >= 11 is 0. The van der Waals surface area contributed by atoms with Gasteiger partial charge in [-0.1, -0.05) is 18.2 Å². The van der Waals surface area contributed by atoms with Crippen molar-refractivity contribution < 1.29 is 4.39 Å². The van der Waals surface area contributed by atoms with E-state index in [-0.39, 0.29) is 0 Å². The predicted molar refractivity (Wildman–Crippen MR) is 74.8 cm³/mol. The summed E-state index contributed by atoms with van der Waals surface area (Å²) in [6, 6.07) is 11.5. The molecule has 4 nitrogen and oxygen atoms in total. The highest BCUT2D eigenvalue weighted by molar-refractivity contribution is 5.44. The number of benzene rings is 1. The molecule has 0 fully saturated rings. The summed E-state index contributed by atoms with van der Waals surface area (Å²) in [5, 5.41) is 3.07. The molecule has 0 aliphatic rings. The number of anilines is 2. The summed E-state index contributed by atoms with van der Waals surface area (Å²) in [5.74, 6) is 0.00812. The van der Waals surface area contributed by atoms with Crippen molar-refractivity contribution in [3.63, 3.8) is 0 Å². The van der Waals surface area contributed by atoms with Crippen LogP contribution in [0.1, 0.15) is 6.42 Å². The Balaban J connectivity index is 1.72. The molecule has 0 saturated heterocycles. The van der Waals surface area contributed by atoms with E-state index < -0.39 is 5.95 Å². The van der Waals surface area contributed by atoms with Gasteiger partial charge in [-0.05, 0) is 18.6 Å². The predicted octanol–water partition coefficient (Wildman–Crippen LogP) is 2.55. The van der Waals surface area contributed by atoms with E-state index in [2.05, 4.69) is 39.4 Å². The molecule has 1 aromatic carbocycles. The zero-order valence-electron chi connectivity index (χ0n) is 10.9. The van der Waals surface area contributed by atoms with Gasteiger partial charge in [0.25, 0.3) is 0 Å². The third-order valence-electron chi connectivity index (χ3n) is 2.81. The third kappa shape index (κ3) is 4.21. The average Bonchev–Trinajstić information content (AvgIpc) is 2.44. The van der Waals surface area contributed by atoms with E-state index in [1.165, 1.54) is 18.1 Å². The second-order valence-electron chi connectivity index (χ2n) is 4.26. The number of nitrogens with one attached hydrogen (secondary N) is 1. The summed E-state index contributed by atoms with van der Waals surface area (Å²) in [4.78, 5) is 9.53. The highest BCUT2D eigenvalue weighted by Gasteiger charge is 2.00. The molecule has 0 radical (unpaired) electrons. The summed E-state index contributed by atoms with van der Waals surface area (Å²) in [6.07, 6.45) is 2.16. The maximum absolute atomic E-state index is 12.8. The van der Waals surface area contributed by atoms with Gasteiger partial charge in [0.1, 0.15) is 12.1 Å². The summed E-state index contributed by atoms with van der Waals surface area (Å²) < 4.78 is 12.8. The summed E-state index contributed by atoms with van der Waals surface area (Å²) in [6.45, 7) is 1.66. The van der Waals surface area contributed by atoms with Crippen molar-refractivity contribution in [2.24, 2.45) is 0 Å². The monoisotopic (exact) mass is 260 g/mol. The molecular formula is C14H17FN4. The number of hydrogen-bond donors (Lipinski definition) is 1. The van der Waals surface area contributed by atoms with Crippen LogP contribution in [0.5, 0.6) is 0 Å². The van der Waals surface area contributed by atoms with E-state index in [4.69, 9.17) is 0 Å². The Morgan fingerprint density at radius 1 is 1.21 bits per heavy atom. The molecule has 0 unspecified atom stereocenters. The number of aromatic nitrogens is 2. The lowest BCUT2D eigenvalue weighted by Crippen LogP contribution is -2.20. The molecule has 1 aromatic heterocycles. The van der Waals surface area contributed by atoms with Gasteiger partial charge in [0, 0.05) is 31.9 Å². The van der Waals surface area contributed by atoms with Crippen molar-refractivity contribution in [3.05, 3.63) is 48.7 Å². The molecular weight excluding hydrogens is 243 g/mol. The molecule has 1 N–H and O–H groups in total. The Morgan fingerprint density at radius 2 is 2.00 bits per heavy atom. The topological polar surface area (TPSA) is 41.0 Å². The van der Waals surface area contributed by atoms with Crippen molar-refractivity contribution in [1.29, 1.82) is 0 Å². The Kier molecular flexibility index (Phi) is 4.66. The third-order valence-corrected chi connectivity index (χ3v) is 2.81. The first-order valence-electron chi connectivity index (χ1n) is 6.23.